The Balaban J connectivity index is 2.14. The van der Waals surface area contributed by atoms with Crippen molar-refractivity contribution in [2.75, 3.05) is 18.2 Å². The van der Waals surface area contributed by atoms with E-state index in [0.29, 0.717) is 24.3 Å². The third kappa shape index (κ3) is 1.82. The van der Waals surface area contributed by atoms with Crippen molar-refractivity contribution in [3.63, 3.8) is 0 Å². The number of hydrogen-bond acceptors (Lipinski definition) is 4. The largest absolute Gasteiger partial charge is 0.497 e. The number of fused-ring (bicyclic) bond motifs is 1. The lowest BCUT2D eigenvalue weighted by Crippen LogP contribution is -2.45. The maximum Gasteiger partial charge on any atom is 0.231 e. The van der Waals surface area contributed by atoms with Crippen LogP contribution < -0.4 is 10.1 Å². The molecule has 1 aliphatic carbocycles. The second-order valence-corrected chi connectivity index (χ2v) is 7.17. The second kappa shape index (κ2) is 3.96. The number of carbonyl (C=O) groups is 1. The van der Waals surface area contributed by atoms with Crippen LogP contribution in [-0.2, 0) is 14.6 Å². The number of rotatable bonds is 1. The third-order valence-corrected chi connectivity index (χ3v) is 5.97. The fourth-order valence-corrected chi connectivity index (χ4v) is 4.78. The van der Waals surface area contributed by atoms with Gasteiger partial charge in [0, 0.05) is 6.07 Å². The van der Waals surface area contributed by atoms with E-state index in [1.165, 1.54) is 13.2 Å². The lowest BCUT2D eigenvalue weighted by atomic mass is 9.69. The van der Waals surface area contributed by atoms with Gasteiger partial charge in [-0.2, -0.15) is 0 Å². The molecule has 1 fully saturated rings. The van der Waals surface area contributed by atoms with E-state index in [1.54, 1.807) is 12.1 Å². The van der Waals surface area contributed by atoms with Gasteiger partial charge in [-0.1, -0.05) is 6.42 Å². The van der Waals surface area contributed by atoms with Crippen LogP contribution in [0.25, 0.3) is 0 Å². The van der Waals surface area contributed by atoms with Gasteiger partial charge in [0.2, 0.25) is 5.91 Å². The van der Waals surface area contributed by atoms with Gasteiger partial charge in [-0.05, 0) is 25.0 Å². The third-order valence-electron chi connectivity index (χ3n) is 4.03. The minimum absolute atomic E-state index is 0.105. The Kier molecular flexibility index (Phi) is 2.60. The summed E-state index contributed by atoms with van der Waals surface area (Å²) in [7, 11) is -1.99. The smallest absolute Gasteiger partial charge is 0.231 e. The summed E-state index contributed by atoms with van der Waals surface area (Å²) in [5.74, 6) is 0.193. The van der Waals surface area contributed by atoms with E-state index >= 15 is 0 Å². The number of anilines is 1. The number of methoxy groups -OCH3 is 1. The Hall–Kier alpha value is -1.56. The summed E-state index contributed by atoms with van der Waals surface area (Å²) in [4.78, 5) is 12.4. The predicted molar refractivity (Wildman–Crippen MR) is 70.0 cm³/mol. The molecule has 5 nitrogen and oxygen atoms in total. The molecule has 1 spiro atoms. The minimum Gasteiger partial charge on any atom is -0.497 e. The van der Waals surface area contributed by atoms with Crippen molar-refractivity contribution in [2.45, 2.75) is 24.2 Å². The van der Waals surface area contributed by atoms with Gasteiger partial charge in [0.25, 0.3) is 0 Å². The lowest BCUT2D eigenvalue weighted by Gasteiger charge is -2.38. The Morgan fingerprint density at radius 3 is 2.63 bits per heavy atom. The summed E-state index contributed by atoms with van der Waals surface area (Å²) >= 11 is 0. The highest BCUT2D eigenvalue weighted by molar-refractivity contribution is 7.91. The van der Waals surface area contributed by atoms with Gasteiger partial charge in [-0.3, -0.25) is 4.79 Å². The van der Waals surface area contributed by atoms with Crippen molar-refractivity contribution < 1.29 is 17.9 Å². The zero-order chi connectivity index (χ0) is 13.7. The molecule has 1 saturated carbocycles. The highest BCUT2D eigenvalue weighted by Crippen LogP contribution is 2.47. The molecule has 0 atom stereocenters. The van der Waals surface area contributed by atoms with Gasteiger partial charge in [0.1, 0.15) is 5.75 Å². The summed E-state index contributed by atoms with van der Waals surface area (Å²) < 4.78 is 30.0. The maximum atomic E-state index is 12.5. The Morgan fingerprint density at radius 1 is 1.32 bits per heavy atom. The molecule has 0 saturated heterocycles. The van der Waals surface area contributed by atoms with Gasteiger partial charge in [0.15, 0.2) is 9.84 Å². The van der Waals surface area contributed by atoms with Crippen molar-refractivity contribution >= 4 is 21.4 Å². The van der Waals surface area contributed by atoms with E-state index in [-0.39, 0.29) is 16.6 Å². The molecule has 1 N–H and O–H groups in total. The molecule has 1 aromatic rings. The molecule has 19 heavy (non-hydrogen) atoms. The first-order chi connectivity index (χ1) is 8.97. The van der Waals surface area contributed by atoms with Crippen molar-refractivity contribution in [3.05, 3.63) is 18.2 Å². The fraction of sp³-hybridized carbons (Fsp3) is 0.462. The highest BCUT2D eigenvalue weighted by Gasteiger charge is 2.50. The Morgan fingerprint density at radius 2 is 2.05 bits per heavy atom. The van der Waals surface area contributed by atoms with E-state index in [4.69, 9.17) is 4.74 Å². The van der Waals surface area contributed by atoms with Crippen LogP contribution in [0.3, 0.4) is 0 Å². The number of hydrogen-bond donors (Lipinski definition) is 1. The van der Waals surface area contributed by atoms with E-state index in [2.05, 4.69) is 5.32 Å². The van der Waals surface area contributed by atoms with Crippen LogP contribution in [0, 0.1) is 5.41 Å². The molecule has 1 aromatic carbocycles. The molecule has 0 aromatic heterocycles. The van der Waals surface area contributed by atoms with Crippen LogP contribution in [-0.4, -0.2) is 27.2 Å². The number of amides is 1. The standard InChI is InChI=1S/C13H15NO4S/c1-18-9-3-4-10-11(7-9)19(16,17)8-13(5-2-6-13)12(15)14-10/h3-4,7H,2,5-6,8H2,1H3,(H,14,15). The highest BCUT2D eigenvalue weighted by atomic mass is 32.2. The van der Waals surface area contributed by atoms with Crippen molar-refractivity contribution in [1.29, 1.82) is 0 Å². The number of carbonyl (C=O) groups excluding carboxylic acids is 1. The molecule has 102 valence electrons. The van der Waals surface area contributed by atoms with Gasteiger partial charge in [-0.15, -0.1) is 0 Å². The van der Waals surface area contributed by atoms with Gasteiger partial charge >= 0.3 is 0 Å². The molecule has 2 aliphatic rings. The number of sulfone groups is 1. The molecule has 6 heteroatoms. The van der Waals surface area contributed by atoms with E-state index in [9.17, 15) is 13.2 Å². The first-order valence-electron chi connectivity index (χ1n) is 6.19. The number of ether oxygens (including phenoxy) is 1. The van der Waals surface area contributed by atoms with E-state index < -0.39 is 15.3 Å². The van der Waals surface area contributed by atoms with Gasteiger partial charge < -0.3 is 10.1 Å². The molecule has 3 rings (SSSR count). The van der Waals surface area contributed by atoms with Crippen molar-refractivity contribution in [3.8, 4) is 5.75 Å². The number of benzene rings is 1. The maximum absolute atomic E-state index is 12.5. The topological polar surface area (TPSA) is 72.5 Å². The molecular weight excluding hydrogens is 266 g/mol. The fourth-order valence-electron chi connectivity index (χ4n) is 2.73. The predicted octanol–water partition coefficient (Wildman–Crippen LogP) is 1.59. The number of nitrogens with one attached hydrogen (secondary N) is 1. The van der Waals surface area contributed by atoms with Crippen LogP contribution in [0.4, 0.5) is 5.69 Å². The first kappa shape index (κ1) is 12.5. The minimum atomic E-state index is -3.48. The molecular formula is C13H15NO4S. The van der Waals surface area contributed by atoms with Crippen molar-refractivity contribution in [1.82, 2.24) is 0 Å². The van der Waals surface area contributed by atoms with Crippen LogP contribution in [0.5, 0.6) is 5.75 Å². The van der Waals surface area contributed by atoms with Gasteiger partial charge in [-0.25, -0.2) is 8.42 Å². The lowest BCUT2D eigenvalue weighted by molar-refractivity contribution is -0.128. The van der Waals surface area contributed by atoms with Crippen molar-refractivity contribution in [2.24, 2.45) is 5.41 Å². The second-order valence-electron chi connectivity index (χ2n) is 5.21. The molecule has 1 aliphatic heterocycles. The van der Waals surface area contributed by atoms with Crippen LogP contribution in [0.2, 0.25) is 0 Å². The normalized spacial score (nSPS) is 22.9. The first-order valence-corrected chi connectivity index (χ1v) is 7.84. The summed E-state index contributed by atoms with van der Waals surface area (Å²) in [5, 5.41) is 2.75. The Bertz CT molecular complexity index is 647. The zero-order valence-corrected chi connectivity index (χ0v) is 11.4. The Labute approximate surface area is 111 Å². The SMILES string of the molecule is COc1ccc2c(c1)S(=O)(=O)CC1(CCC1)C(=O)N2. The summed E-state index contributed by atoms with van der Waals surface area (Å²) in [5.41, 5.74) is -0.375. The molecule has 0 bridgehead atoms. The average molecular weight is 281 g/mol. The molecule has 0 unspecified atom stereocenters. The zero-order valence-electron chi connectivity index (χ0n) is 10.6. The monoisotopic (exact) mass is 281 g/mol. The van der Waals surface area contributed by atoms with E-state index in [0.717, 1.165) is 6.42 Å². The van der Waals surface area contributed by atoms with E-state index in [1.807, 2.05) is 0 Å². The molecule has 1 amide bonds. The quantitative estimate of drug-likeness (QED) is 0.848. The van der Waals surface area contributed by atoms with Crippen LogP contribution >= 0.6 is 0 Å². The summed E-state index contributed by atoms with van der Waals surface area (Å²) in [6.07, 6.45) is 2.19. The van der Waals surface area contributed by atoms with Crippen LogP contribution in [0.15, 0.2) is 23.1 Å². The van der Waals surface area contributed by atoms with Gasteiger partial charge in [0.05, 0.1) is 28.9 Å². The molecule has 1 heterocycles. The van der Waals surface area contributed by atoms with Crippen LogP contribution in [0.1, 0.15) is 19.3 Å². The molecule has 0 radical (unpaired) electrons. The summed E-state index contributed by atoms with van der Waals surface area (Å²) in [6, 6.07) is 4.71. The average Bonchev–Trinajstić information content (AvgIpc) is 2.42. The summed E-state index contributed by atoms with van der Waals surface area (Å²) in [6.45, 7) is 0.